The predicted molar refractivity (Wildman–Crippen MR) is 118 cm³/mol. The molecule has 1 aromatic rings. The molecule has 0 saturated carbocycles. The molecule has 0 aliphatic heterocycles. The van der Waals surface area contributed by atoms with Gasteiger partial charge in [0.05, 0.1) is 13.7 Å². The van der Waals surface area contributed by atoms with E-state index in [0.717, 1.165) is 24.5 Å². The van der Waals surface area contributed by atoms with Crippen molar-refractivity contribution in [3.8, 4) is 11.5 Å². The summed E-state index contributed by atoms with van der Waals surface area (Å²) in [5.74, 6) is 1.82. The van der Waals surface area contributed by atoms with Gasteiger partial charge in [0.25, 0.3) is 0 Å². The molecule has 2 heteroatoms. The van der Waals surface area contributed by atoms with Gasteiger partial charge in [-0.2, -0.15) is 0 Å². The van der Waals surface area contributed by atoms with Crippen molar-refractivity contribution in [2.45, 2.75) is 110 Å². The van der Waals surface area contributed by atoms with Gasteiger partial charge in [-0.1, -0.05) is 103 Å². The van der Waals surface area contributed by atoms with Crippen LogP contribution in [0.25, 0.3) is 0 Å². The van der Waals surface area contributed by atoms with Crippen molar-refractivity contribution >= 4 is 0 Å². The second-order valence-electron chi connectivity index (χ2n) is 7.83. The molecular formula is C25H44O2. The highest BCUT2D eigenvalue weighted by Crippen LogP contribution is 2.18. The first-order valence-corrected chi connectivity index (χ1v) is 11.6. The maximum Gasteiger partial charge on any atom is 0.119 e. The number of unbranched alkanes of at least 4 members (excludes halogenated alkanes) is 15. The monoisotopic (exact) mass is 376 g/mol. The number of hydrogen-bond donors (Lipinski definition) is 0. The van der Waals surface area contributed by atoms with Crippen LogP contribution >= 0.6 is 0 Å². The van der Waals surface area contributed by atoms with E-state index in [1.165, 1.54) is 96.3 Å². The van der Waals surface area contributed by atoms with Gasteiger partial charge >= 0.3 is 0 Å². The molecule has 27 heavy (non-hydrogen) atoms. The summed E-state index contributed by atoms with van der Waals surface area (Å²) in [6.07, 6.45) is 22.4. The molecule has 0 bridgehead atoms. The van der Waals surface area contributed by atoms with Crippen LogP contribution in [0.2, 0.25) is 0 Å². The first-order chi connectivity index (χ1) is 13.4. The lowest BCUT2D eigenvalue weighted by atomic mass is 10.0. The van der Waals surface area contributed by atoms with Crippen LogP contribution in [-0.4, -0.2) is 13.7 Å². The van der Waals surface area contributed by atoms with E-state index in [4.69, 9.17) is 9.47 Å². The number of methoxy groups -OCH3 is 1. The Labute approximate surface area is 169 Å². The maximum absolute atomic E-state index is 5.77. The van der Waals surface area contributed by atoms with E-state index in [2.05, 4.69) is 6.92 Å². The van der Waals surface area contributed by atoms with Crippen LogP contribution in [0.5, 0.6) is 11.5 Å². The molecule has 2 nitrogen and oxygen atoms in total. The van der Waals surface area contributed by atoms with Crippen LogP contribution in [0, 0.1) is 0 Å². The van der Waals surface area contributed by atoms with E-state index >= 15 is 0 Å². The van der Waals surface area contributed by atoms with Crippen molar-refractivity contribution in [1.82, 2.24) is 0 Å². The third-order valence-electron chi connectivity index (χ3n) is 5.33. The van der Waals surface area contributed by atoms with E-state index in [1.807, 2.05) is 24.3 Å². The van der Waals surface area contributed by atoms with E-state index in [0.29, 0.717) is 0 Å². The first kappa shape index (κ1) is 23.9. The Kier molecular flexibility index (Phi) is 16.1. The zero-order valence-corrected chi connectivity index (χ0v) is 18.1. The predicted octanol–water partition coefficient (Wildman–Crippen LogP) is 8.34. The fourth-order valence-electron chi connectivity index (χ4n) is 3.51. The first-order valence-electron chi connectivity index (χ1n) is 11.6. The summed E-state index contributed by atoms with van der Waals surface area (Å²) in [6, 6.07) is 7.85. The van der Waals surface area contributed by atoms with Crippen molar-refractivity contribution < 1.29 is 9.47 Å². The van der Waals surface area contributed by atoms with Gasteiger partial charge in [0, 0.05) is 0 Å². The molecule has 0 aliphatic rings. The number of rotatable bonds is 19. The SMILES string of the molecule is CCCCCCCCCCCCCCCCCCOc1ccc(OC)cc1. The Morgan fingerprint density at radius 1 is 0.519 bits per heavy atom. The Hall–Kier alpha value is -1.18. The molecule has 0 saturated heterocycles. The lowest BCUT2D eigenvalue weighted by Crippen LogP contribution is -1.97. The van der Waals surface area contributed by atoms with Gasteiger partial charge in [0.15, 0.2) is 0 Å². The highest BCUT2D eigenvalue weighted by molar-refractivity contribution is 5.31. The summed E-state index contributed by atoms with van der Waals surface area (Å²) in [6.45, 7) is 3.11. The molecule has 1 rings (SSSR count). The van der Waals surface area contributed by atoms with Crippen molar-refractivity contribution in [3.63, 3.8) is 0 Å². The molecule has 1 aromatic carbocycles. The van der Waals surface area contributed by atoms with E-state index in [1.54, 1.807) is 7.11 Å². The van der Waals surface area contributed by atoms with Gasteiger partial charge in [-0.05, 0) is 30.7 Å². The Bertz CT molecular complexity index is 413. The van der Waals surface area contributed by atoms with Crippen LogP contribution < -0.4 is 9.47 Å². The molecular weight excluding hydrogens is 332 g/mol. The molecule has 0 N–H and O–H groups in total. The van der Waals surface area contributed by atoms with Gasteiger partial charge in [0.2, 0.25) is 0 Å². The number of benzene rings is 1. The summed E-state index contributed by atoms with van der Waals surface area (Å²) in [5, 5.41) is 0. The fourth-order valence-corrected chi connectivity index (χ4v) is 3.51. The molecule has 0 aromatic heterocycles. The smallest absolute Gasteiger partial charge is 0.119 e. The van der Waals surface area contributed by atoms with Crippen LogP contribution in [0.3, 0.4) is 0 Å². The summed E-state index contributed by atoms with van der Waals surface area (Å²) in [5.41, 5.74) is 0. The zero-order valence-electron chi connectivity index (χ0n) is 18.1. The minimum atomic E-state index is 0.824. The van der Waals surface area contributed by atoms with Crippen LogP contribution in [-0.2, 0) is 0 Å². The summed E-state index contributed by atoms with van der Waals surface area (Å²) < 4.78 is 10.9. The molecule has 0 heterocycles. The largest absolute Gasteiger partial charge is 0.497 e. The summed E-state index contributed by atoms with van der Waals surface area (Å²) >= 11 is 0. The lowest BCUT2D eigenvalue weighted by molar-refractivity contribution is 0.303. The lowest BCUT2D eigenvalue weighted by Gasteiger charge is -2.07. The maximum atomic E-state index is 5.77. The van der Waals surface area contributed by atoms with E-state index in [9.17, 15) is 0 Å². The van der Waals surface area contributed by atoms with Crippen molar-refractivity contribution in [2.75, 3.05) is 13.7 Å². The highest BCUT2D eigenvalue weighted by atomic mass is 16.5. The third-order valence-corrected chi connectivity index (χ3v) is 5.33. The van der Waals surface area contributed by atoms with Gasteiger partial charge < -0.3 is 9.47 Å². The third kappa shape index (κ3) is 14.5. The second kappa shape index (κ2) is 18.2. The molecule has 0 unspecified atom stereocenters. The summed E-state index contributed by atoms with van der Waals surface area (Å²) in [7, 11) is 1.69. The van der Waals surface area contributed by atoms with Crippen LogP contribution in [0.15, 0.2) is 24.3 Å². The van der Waals surface area contributed by atoms with Gasteiger partial charge in [-0.3, -0.25) is 0 Å². The summed E-state index contributed by atoms with van der Waals surface area (Å²) in [4.78, 5) is 0. The van der Waals surface area contributed by atoms with Crippen LogP contribution in [0.4, 0.5) is 0 Å². The molecule has 0 atom stereocenters. The molecule has 0 amide bonds. The number of hydrogen-bond acceptors (Lipinski definition) is 2. The average Bonchev–Trinajstić information content (AvgIpc) is 2.70. The molecule has 0 fully saturated rings. The van der Waals surface area contributed by atoms with Gasteiger partial charge in [0.1, 0.15) is 11.5 Å². The normalized spacial score (nSPS) is 10.9. The zero-order chi connectivity index (χ0) is 19.4. The Balaban J connectivity index is 1.75. The Morgan fingerprint density at radius 3 is 1.30 bits per heavy atom. The van der Waals surface area contributed by atoms with Crippen molar-refractivity contribution in [3.05, 3.63) is 24.3 Å². The second-order valence-corrected chi connectivity index (χ2v) is 7.83. The molecule has 0 aliphatic carbocycles. The number of ether oxygens (including phenoxy) is 2. The van der Waals surface area contributed by atoms with Crippen LogP contribution in [0.1, 0.15) is 110 Å². The Morgan fingerprint density at radius 2 is 0.889 bits per heavy atom. The van der Waals surface area contributed by atoms with Gasteiger partial charge in [-0.15, -0.1) is 0 Å². The van der Waals surface area contributed by atoms with Crippen molar-refractivity contribution in [2.24, 2.45) is 0 Å². The molecule has 0 radical (unpaired) electrons. The van der Waals surface area contributed by atoms with E-state index < -0.39 is 0 Å². The average molecular weight is 377 g/mol. The van der Waals surface area contributed by atoms with Crippen molar-refractivity contribution in [1.29, 1.82) is 0 Å². The molecule has 0 spiro atoms. The topological polar surface area (TPSA) is 18.5 Å². The standard InChI is InChI=1S/C25H44O2/c1-3-4-5-6-7-8-9-10-11-12-13-14-15-16-17-18-23-27-25-21-19-24(26-2)20-22-25/h19-22H,3-18,23H2,1-2H3. The van der Waals surface area contributed by atoms with E-state index in [-0.39, 0.29) is 0 Å². The fraction of sp³-hybridized carbons (Fsp3) is 0.760. The minimum Gasteiger partial charge on any atom is -0.497 e. The molecule has 156 valence electrons. The quantitative estimate of drug-likeness (QED) is 0.226. The van der Waals surface area contributed by atoms with Gasteiger partial charge in [-0.25, -0.2) is 0 Å². The highest BCUT2D eigenvalue weighted by Gasteiger charge is 1.97. The minimum absolute atomic E-state index is 0.824.